The van der Waals surface area contributed by atoms with E-state index in [4.69, 9.17) is 9.15 Å². The lowest BCUT2D eigenvalue weighted by atomic mass is 9.77. The van der Waals surface area contributed by atoms with Gasteiger partial charge in [0.15, 0.2) is 0 Å². The minimum absolute atomic E-state index is 0.296. The van der Waals surface area contributed by atoms with E-state index in [1.807, 2.05) is 6.92 Å². The lowest BCUT2D eigenvalue weighted by molar-refractivity contribution is -0.154. The predicted molar refractivity (Wildman–Crippen MR) is 79.0 cm³/mol. The molecule has 0 aromatic carbocycles. The third-order valence-corrected chi connectivity index (χ3v) is 4.92. The van der Waals surface area contributed by atoms with E-state index in [1.165, 1.54) is 20.4 Å². The summed E-state index contributed by atoms with van der Waals surface area (Å²) in [6.45, 7) is 1.92. The van der Waals surface area contributed by atoms with Crippen LogP contribution in [0.1, 0.15) is 31.6 Å². The van der Waals surface area contributed by atoms with E-state index in [0.29, 0.717) is 18.6 Å². The van der Waals surface area contributed by atoms with Gasteiger partial charge in [0.25, 0.3) is 0 Å². The molecule has 1 aromatic heterocycles. The van der Waals surface area contributed by atoms with E-state index in [-0.39, 0.29) is 11.8 Å². The summed E-state index contributed by atoms with van der Waals surface area (Å²) in [7, 11) is 2.75. The molecule has 3 heterocycles. The second-order valence-electron chi connectivity index (χ2n) is 6.09. The van der Waals surface area contributed by atoms with E-state index in [9.17, 15) is 14.4 Å². The second kappa shape index (κ2) is 5.49. The maximum absolute atomic E-state index is 12.6. The molecular weight excluding hydrogens is 300 g/mol. The number of carbonyl (C=O) groups excluding carboxylic acids is 3. The van der Waals surface area contributed by atoms with Crippen LogP contribution in [0.5, 0.6) is 0 Å². The molecule has 4 atom stereocenters. The van der Waals surface area contributed by atoms with Crippen LogP contribution in [0.2, 0.25) is 0 Å². The number of ether oxygens (including phenoxy) is 1. The van der Waals surface area contributed by atoms with Gasteiger partial charge in [-0.3, -0.25) is 24.6 Å². The zero-order valence-electron chi connectivity index (χ0n) is 13.4. The van der Waals surface area contributed by atoms with Crippen LogP contribution in [-0.4, -0.2) is 42.4 Å². The third kappa shape index (κ3) is 2.03. The molecule has 2 amide bonds. The van der Waals surface area contributed by atoms with Gasteiger partial charge in [-0.05, 0) is 18.6 Å². The van der Waals surface area contributed by atoms with Crippen molar-refractivity contribution in [1.82, 2.24) is 10.2 Å². The number of furan rings is 1. The van der Waals surface area contributed by atoms with Gasteiger partial charge in [0.05, 0.1) is 31.3 Å². The minimum atomic E-state index is -1.21. The summed E-state index contributed by atoms with van der Waals surface area (Å²) in [6.07, 6.45) is 2.58. The van der Waals surface area contributed by atoms with Crippen molar-refractivity contribution in [2.75, 3.05) is 14.2 Å². The zero-order valence-corrected chi connectivity index (χ0v) is 13.4. The average Bonchev–Trinajstić information content (AvgIpc) is 3.22. The highest BCUT2D eigenvalue weighted by Crippen LogP contribution is 2.50. The van der Waals surface area contributed by atoms with Crippen molar-refractivity contribution < 1.29 is 23.5 Å². The van der Waals surface area contributed by atoms with Crippen molar-refractivity contribution in [3.8, 4) is 0 Å². The number of esters is 1. The Balaban J connectivity index is 2.13. The molecule has 0 aliphatic carbocycles. The summed E-state index contributed by atoms with van der Waals surface area (Å²) in [5.74, 6) is -2.05. The van der Waals surface area contributed by atoms with Crippen LogP contribution in [0, 0.1) is 11.8 Å². The fraction of sp³-hybridized carbons (Fsp3) is 0.562. The van der Waals surface area contributed by atoms with Crippen LogP contribution in [0.15, 0.2) is 22.8 Å². The SMILES string of the molecule is CCC[C@]1(C(=O)OC)N[C@H](c2ccco2)[C@H]2C(=O)N(C)C(=O)[C@H]21. The van der Waals surface area contributed by atoms with Crippen molar-refractivity contribution in [2.24, 2.45) is 11.8 Å². The molecular formula is C16H20N2O5. The smallest absolute Gasteiger partial charge is 0.326 e. The van der Waals surface area contributed by atoms with Crippen molar-refractivity contribution in [1.29, 1.82) is 0 Å². The lowest BCUT2D eigenvalue weighted by Gasteiger charge is -2.31. The quantitative estimate of drug-likeness (QED) is 0.654. The molecule has 7 heteroatoms. The van der Waals surface area contributed by atoms with Crippen LogP contribution in [-0.2, 0) is 19.1 Å². The summed E-state index contributed by atoms with van der Waals surface area (Å²) >= 11 is 0. The third-order valence-electron chi connectivity index (χ3n) is 4.92. The van der Waals surface area contributed by atoms with E-state index in [0.717, 1.165) is 4.90 Å². The van der Waals surface area contributed by atoms with Gasteiger partial charge < -0.3 is 9.15 Å². The van der Waals surface area contributed by atoms with Gasteiger partial charge in [0, 0.05) is 7.05 Å². The number of nitrogens with zero attached hydrogens (tertiary/aromatic N) is 1. The van der Waals surface area contributed by atoms with Gasteiger partial charge in [0.2, 0.25) is 11.8 Å². The Kier molecular flexibility index (Phi) is 3.75. The number of methoxy groups -OCH3 is 1. The number of nitrogens with one attached hydrogen (secondary N) is 1. The largest absolute Gasteiger partial charge is 0.468 e. The van der Waals surface area contributed by atoms with Crippen LogP contribution in [0.3, 0.4) is 0 Å². The molecule has 0 saturated carbocycles. The van der Waals surface area contributed by atoms with E-state index >= 15 is 0 Å². The fourth-order valence-corrected chi connectivity index (χ4v) is 3.95. The Bertz CT molecular complexity index is 641. The summed E-state index contributed by atoms with van der Waals surface area (Å²) in [5, 5.41) is 3.21. The van der Waals surface area contributed by atoms with Gasteiger partial charge in [0.1, 0.15) is 11.3 Å². The molecule has 0 spiro atoms. The van der Waals surface area contributed by atoms with E-state index in [1.54, 1.807) is 12.1 Å². The standard InChI is InChI=1S/C16H20N2O5/c1-4-7-16(15(21)22-3)11-10(13(19)18(2)14(11)20)12(17-16)9-6-5-8-23-9/h5-6,8,10-12,17H,4,7H2,1-3H3/t10-,11-,12+,16-/m0/s1. The molecule has 2 aliphatic rings. The predicted octanol–water partition coefficient (Wildman–Crippen LogP) is 0.867. The Labute approximate surface area is 134 Å². The molecule has 3 rings (SSSR count). The normalized spacial score (nSPS) is 33.2. The molecule has 0 radical (unpaired) electrons. The number of rotatable bonds is 4. The number of hydrogen-bond acceptors (Lipinski definition) is 6. The van der Waals surface area contributed by atoms with E-state index in [2.05, 4.69) is 5.32 Å². The molecule has 1 N–H and O–H groups in total. The molecule has 2 aliphatic heterocycles. The van der Waals surface area contributed by atoms with Gasteiger partial charge in [-0.2, -0.15) is 0 Å². The number of amides is 2. The Hall–Kier alpha value is -2.15. The highest BCUT2D eigenvalue weighted by Gasteiger charge is 2.68. The molecule has 124 valence electrons. The summed E-state index contributed by atoms with van der Waals surface area (Å²) in [6, 6.07) is 2.93. The molecule has 1 aromatic rings. The maximum Gasteiger partial charge on any atom is 0.326 e. The Morgan fingerprint density at radius 3 is 2.74 bits per heavy atom. The van der Waals surface area contributed by atoms with Crippen LogP contribution >= 0.6 is 0 Å². The van der Waals surface area contributed by atoms with Crippen LogP contribution in [0.25, 0.3) is 0 Å². The zero-order chi connectivity index (χ0) is 16.8. The Morgan fingerprint density at radius 1 is 1.43 bits per heavy atom. The first kappa shape index (κ1) is 15.7. The topological polar surface area (TPSA) is 88.8 Å². The first-order chi connectivity index (χ1) is 11.0. The number of imide groups is 1. The summed E-state index contributed by atoms with van der Waals surface area (Å²) in [5.41, 5.74) is -1.21. The second-order valence-corrected chi connectivity index (χ2v) is 6.09. The number of carbonyl (C=O) groups is 3. The van der Waals surface area contributed by atoms with Crippen molar-refractivity contribution in [3.63, 3.8) is 0 Å². The summed E-state index contributed by atoms with van der Waals surface area (Å²) < 4.78 is 10.4. The molecule has 2 saturated heterocycles. The molecule has 23 heavy (non-hydrogen) atoms. The number of likely N-dealkylation sites (tertiary alicyclic amines) is 1. The molecule has 7 nitrogen and oxygen atoms in total. The summed E-state index contributed by atoms with van der Waals surface area (Å²) in [4.78, 5) is 38.9. The monoisotopic (exact) mass is 320 g/mol. The first-order valence-corrected chi connectivity index (χ1v) is 7.69. The average molecular weight is 320 g/mol. The van der Waals surface area contributed by atoms with E-state index < -0.39 is 29.4 Å². The Morgan fingerprint density at radius 2 is 2.17 bits per heavy atom. The van der Waals surface area contributed by atoms with Gasteiger partial charge >= 0.3 is 5.97 Å². The molecule has 0 unspecified atom stereocenters. The number of hydrogen-bond donors (Lipinski definition) is 1. The lowest BCUT2D eigenvalue weighted by Crippen LogP contribution is -2.55. The highest BCUT2D eigenvalue weighted by molar-refractivity contribution is 6.09. The van der Waals surface area contributed by atoms with Gasteiger partial charge in [-0.15, -0.1) is 0 Å². The highest BCUT2D eigenvalue weighted by atomic mass is 16.5. The minimum Gasteiger partial charge on any atom is -0.468 e. The van der Waals surface area contributed by atoms with Gasteiger partial charge in [-0.1, -0.05) is 13.3 Å². The van der Waals surface area contributed by atoms with Gasteiger partial charge in [-0.25, -0.2) is 0 Å². The van der Waals surface area contributed by atoms with Crippen LogP contribution in [0.4, 0.5) is 0 Å². The molecule has 0 bridgehead atoms. The first-order valence-electron chi connectivity index (χ1n) is 7.69. The fourth-order valence-electron chi connectivity index (χ4n) is 3.95. The molecule has 2 fully saturated rings. The number of fused-ring (bicyclic) bond motifs is 1. The van der Waals surface area contributed by atoms with Crippen molar-refractivity contribution in [3.05, 3.63) is 24.2 Å². The van der Waals surface area contributed by atoms with Crippen LogP contribution < -0.4 is 5.32 Å². The van der Waals surface area contributed by atoms with Crippen molar-refractivity contribution >= 4 is 17.8 Å². The van der Waals surface area contributed by atoms with Crippen molar-refractivity contribution in [2.45, 2.75) is 31.3 Å². The maximum atomic E-state index is 12.6.